The predicted molar refractivity (Wildman–Crippen MR) is 311 cm³/mol. The van der Waals surface area contributed by atoms with E-state index >= 15 is 0 Å². The van der Waals surface area contributed by atoms with Crippen LogP contribution in [-0.4, -0.2) is 153 Å². The summed E-state index contributed by atoms with van der Waals surface area (Å²) in [6.45, 7) is 17.4. The van der Waals surface area contributed by atoms with Crippen LogP contribution in [0, 0.1) is 11.8 Å². The molecule has 6 heterocycles. The first-order chi connectivity index (χ1) is 37.9. The zero-order chi connectivity index (χ0) is 56.4. The van der Waals surface area contributed by atoms with Crippen LogP contribution in [0.3, 0.4) is 0 Å². The zero-order valence-electron chi connectivity index (χ0n) is 47.0. The van der Waals surface area contributed by atoms with Crippen molar-refractivity contribution < 1.29 is 53.1 Å². The molecule has 0 unspecified atom stereocenters. The van der Waals surface area contributed by atoms with Gasteiger partial charge in [-0.25, -0.2) is 19.2 Å². The lowest BCUT2D eigenvalue weighted by molar-refractivity contribution is -0.0168. The highest BCUT2D eigenvalue weighted by atomic mass is 16.6. The Morgan fingerprint density at radius 3 is 1.37 bits per heavy atom. The number of pyridine rings is 2. The Balaban J connectivity index is 0.000000206. The van der Waals surface area contributed by atoms with Crippen molar-refractivity contribution >= 4 is 24.2 Å². The van der Waals surface area contributed by atoms with Gasteiger partial charge in [0.2, 0.25) is 0 Å². The number of likely N-dealkylation sites (tertiary alicyclic amines) is 4. The minimum Gasteiger partial charge on any atom is -0.506 e. The molecule has 81 heavy (non-hydrogen) atoms. The minimum atomic E-state index is -0.485. The van der Waals surface area contributed by atoms with Crippen LogP contribution in [0.5, 0.6) is 23.0 Å². The molecule has 6 aliphatic rings. The number of aliphatic hydroxyl groups excluding tert-OH is 1. The molecular weight excluding hydrogens is 1030 g/mol. The third-order valence-electron chi connectivity index (χ3n) is 14.3. The van der Waals surface area contributed by atoms with E-state index in [0.29, 0.717) is 50.0 Å². The van der Waals surface area contributed by atoms with E-state index in [4.69, 9.17) is 28.8 Å². The van der Waals surface area contributed by atoms with E-state index in [0.717, 1.165) is 120 Å². The van der Waals surface area contributed by atoms with Gasteiger partial charge in [0.1, 0.15) is 40.8 Å². The number of aromatic hydroxyl groups is 1. The Bertz CT molecular complexity index is 2550. The molecule has 10 rings (SSSR count). The first-order valence-electron chi connectivity index (χ1n) is 28.1. The molecule has 4 saturated heterocycles. The summed E-state index contributed by atoms with van der Waals surface area (Å²) >= 11 is 0. The van der Waals surface area contributed by atoms with Crippen LogP contribution in [0.15, 0.2) is 108 Å². The van der Waals surface area contributed by atoms with Crippen LogP contribution in [0.2, 0.25) is 0 Å². The summed E-state index contributed by atoms with van der Waals surface area (Å²) in [4.78, 5) is 62.0. The van der Waals surface area contributed by atoms with Gasteiger partial charge in [-0.1, -0.05) is 61.5 Å². The van der Waals surface area contributed by atoms with Crippen molar-refractivity contribution in [1.29, 1.82) is 0 Å². The monoisotopic (exact) mass is 1120 g/mol. The number of piperidine rings is 2. The van der Waals surface area contributed by atoms with E-state index in [-0.39, 0.29) is 63.5 Å². The lowest BCUT2D eigenvalue weighted by Crippen LogP contribution is -2.55. The summed E-state index contributed by atoms with van der Waals surface area (Å²) in [5.41, 5.74) is 1.36. The number of para-hydroxylation sites is 2. The van der Waals surface area contributed by atoms with E-state index in [9.17, 15) is 24.3 Å². The molecular formula is C62H90N8O11. The van der Waals surface area contributed by atoms with Crippen LogP contribution in [-0.2, 0) is 9.47 Å². The normalized spacial score (nSPS) is 21.6. The van der Waals surface area contributed by atoms with Crippen LogP contribution >= 0.6 is 0 Å². The summed E-state index contributed by atoms with van der Waals surface area (Å²) in [5.74, 6) is 4.80. The molecule has 0 bridgehead atoms. The van der Waals surface area contributed by atoms with Gasteiger partial charge < -0.3 is 53.5 Å². The summed E-state index contributed by atoms with van der Waals surface area (Å²) in [5, 5.41) is 25.3. The second kappa shape index (κ2) is 31.3. The molecule has 2 aromatic heterocycles. The Labute approximate surface area is 480 Å². The molecule has 2 saturated carbocycles. The molecule has 2 N–H and O–H groups in total. The second-order valence-electron chi connectivity index (χ2n) is 23.0. The van der Waals surface area contributed by atoms with Crippen LogP contribution in [0.1, 0.15) is 144 Å². The quantitative estimate of drug-likeness (QED) is 0.126. The number of nitrogens with zero attached hydrogens (tertiary/aromatic N) is 8. The first kappa shape index (κ1) is 64.8. The SMILES string of the molecule is C.C.CC(C)(C)OC(=O)N1CC[C@H]1CO.CC(C)(C)OC(=O)N1CC[C@H]1COc1cncc([C@H]2C[C@@H]2COc2ccccc2)c1.O=C(N=NC(=O)N1CCCCC1)N1CCCCC1.Oc1cncc([C@H]2C[C@@H]2COc2ccccc2)c1. The lowest BCUT2D eigenvalue weighted by Gasteiger charge is -2.40. The summed E-state index contributed by atoms with van der Waals surface area (Å²) in [6, 6.07) is 22.9. The Hall–Kier alpha value is -7.02. The van der Waals surface area contributed by atoms with Gasteiger partial charge in [-0.05, 0) is 165 Å². The fourth-order valence-electron chi connectivity index (χ4n) is 9.43. The molecule has 4 aromatic rings. The highest BCUT2D eigenvalue weighted by Gasteiger charge is 2.41. The van der Waals surface area contributed by atoms with E-state index < -0.39 is 11.2 Å². The van der Waals surface area contributed by atoms with Crippen LogP contribution < -0.4 is 14.2 Å². The van der Waals surface area contributed by atoms with Crippen molar-refractivity contribution in [3.8, 4) is 23.0 Å². The third-order valence-corrected chi connectivity index (χ3v) is 14.3. The molecule has 2 aromatic carbocycles. The molecule has 6 atom stereocenters. The number of amides is 6. The Kier molecular flexibility index (Phi) is 25.0. The number of carbonyl (C=O) groups excluding carboxylic acids is 4. The van der Waals surface area contributed by atoms with Gasteiger partial charge in [-0.15, -0.1) is 0 Å². The van der Waals surface area contributed by atoms with Gasteiger partial charge >= 0.3 is 24.2 Å². The van der Waals surface area contributed by atoms with Gasteiger partial charge in [0.05, 0.1) is 44.3 Å². The van der Waals surface area contributed by atoms with E-state index in [1.807, 2.05) is 115 Å². The fourth-order valence-corrected chi connectivity index (χ4v) is 9.43. The molecule has 4 aliphatic heterocycles. The number of azo groups is 1. The fraction of sp³-hybridized carbons (Fsp3) is 0.581. The average Bonchev–Trinajstić information content (AvgIpc) is 4.40. The molecule has 0 spiro atoms. The number of benzene rings is 2. The van der Waals surface area contributed by atoms with Gasteiger partial charge in [0, 0.05) is 63.5 Å². The van der Waals surface area contributed by atoms with E-state index in [1.165, 1.54) is 11.8 Å². The highest BCUT2D eigenvalue weighted by molar-refractivity contribution is 5.80. The second-order valence-corrected chi connectivity index (χ2v) is 23.0. The number of carbonyl (C=O) groups is 4. The largest absolute Gasteiger partial charge is 0.506 e. The lowest BCUT2D eigenvalue weighted by atomic mass is 10.1. The Morgan fingerprint density at radius 2 is 0.963 bits per heavy atom. The van der Waals surface area contributed by atoms with Gasteiger partial charge in [0.15, 0.2) is 0 Å². The number of hydrogen-bond acceptors (Lipinski definition) is 13. The van der Waals surface area contributed by atoms with Crippen molar-refractivity contribution in [3.63, 3.8) is 0 Å². The van der Waals surface area contributed by atoms with Gasteiger partial charge in [-0.2, -0.15) is 0 Å². The zero-order valence-corrected chi connectivity index (χ0v) is 47.0. The van der Waals surface area contributed by atoms with Crippen molar-refractivity contribution in [3.05, 3.63) is 109 Å². The van der Waals surface area contributed by atoms with Crippen molar-refractivity contribution in [2.45, 2.75) is 156 Å². The minimum absolute atomic E-state index is 0. The van der Waals surface area contributed by atoms with Crippen molar-refractivity contribution in [1.82, 2.24) is 29.6 Å². The van der Waals surface area contributed by atoms with Gasteiger partial charge in [-0.3, -0.25) is 9.97 Å². The third kappa shape index (κ3) is 21.4. The number of ether oxygens (including phenoxy) is 5. The average molecular weight is 1120 g/mol. The maximum atomic E-state index is 12.2. The first-order valence-corrected chi connectivity index (χ1v) is 28.1. The molecule has 6 amide bonds. The summed E-state index contributed by atoms with van der Waals surface area (Å²) in [7, 11) is 0. The van der Waals surface area contributed by atoms with E-state index in [1.54, 1.807) is 31.9 Å². The molecule has 444 valence electrons. The van der Waals surface area contributed by atoms with Crippen LogP contribution in [0.25, 0.3) is 0 Å². The summed E-state index contributed by atoms with van der Waals surface area (Å²) < 4.78 is 28.2. The number of urea groups is 2. The molecule has 2 aliphatic carbocycles. The number of aromatic nitrogens is 2. The number of hydrogen-bond donors (Lipinski definition) is 2. The number of rotatable bonds is 12. The topological polar surface area (TPSA) is 218 Å². The standard InChI is InChI=1S/C24H30N2O4.C15H15NO2.C12H20N4O2.C9H17NO3.2CH4/c1-24(2,3)30-23(27)26-10-9-19(26)16-29-21-11-17(13-25-14-21)22-12-18(22)15-28-20-7-5-4-6-8-20;17-13-6-11(8-16-9-13)15-7-12(15)10-18-14-4-2-1-3-5-14;17-11(15-7-3-1-4-8-15)13-14-12(18)16-9-5-2-6-10-16;1-9(2,3)13-8(12)10-5-4-7(10)6-11;;/h4-8,11,13-14,18-19,22H,9-10,12,15-16H2,1-3H3;1-6,8-9,12,15,17H,7,10H2;1-10H2;7,11H,4-6H2,1-3H3;2*1H4/t18-,19+,22-;12-,15-;;7-;;/m11.0../s1. The smallest absolute Gasteiger partial charge is 0.410 e. The number of aliphatic hydroxyl groups is 1. The maximum absolute atomic E-state index is 12.2. The molecule has 6 fully saturated rings. The van der Waals surface area contributed by atoms with Crippen molar-refractivity contribution in [2.24, 2.45) is 22.1 Å². The molecule has 19 heteroatoms. The highest BCUT2D eigenvalue weighted by Crippen LogP contribution is 2.49. The maximum Gasteiger partial charge on any atom is 0.410 e. The molecule has 0 radical (unpaired) electrons. The Morgan fingerprint density at radius 1 is 0.543 bits per heavy atom. The van der Waals surface area contributed by atoms with Crippen LogP contribution in [0.4, 0.5) is 19.2 Å². The summed E-state index contributed by atoms with van der Waals surface area (Å²) in [6.07, 6.45) is 16.7. The molecule has 19 nitrogen and oxygen atoms in total. The van der Waals surface area contributed by atoms with Crippen molar-refractivity contribution in [2.75, 3.05) is 65.7 Å². The van der Waals surface area contributed by atoms with E-state index in [2.05, 4.69) is 26.3 Å². The van der Waals surface area contributed by atoms with Gasteiger partial charge in [0.25, 0.3) is 0 Å². The predicted octanol–water partition coefficient (Wildman–Crippen LogP) is 12.5.